The molecule has 1 aromatic carbocycles. The Kier molecular flexibility index (Phi) is 3.92. The minimum Gasteiger partial charge on any atom is -0.372 e. The number of fused-ring (bicyclic) bond motifs is 1. The van der Waals surface area contributed by atoms with Crippen LogP contribution in [-0.2, 0) is 11.2 Å². The SMILES string of the molecule is NC1c2ccccc2CC1CCOCC(F)(F)F. The van der Waals surface area contributed by atoms with Crippen molar-refractivity contribution < 1.29 is 17.9 Å². The quantitative estimate of drug-likeness (QED) is 0.844. The topological polar surface area (TPSA) is 35.2 Å². The van der Waals surface area contributed by atoms with Gasteiger partial charge < -0.3 is 10.5 Å². The molecule has 100 valence electrons. The summed E-state index contributed by atoms with van der Waals surface area (Å²) >= 11 is 0. The van der Waals surface area contributed by atoms with Crippen LogP contribution in [0.4, 0.5) is 13.2 Å². The number of halogens is 3. The van der Waals surface area contributed by atoms with Crippen LogP contribution in [0.2, 0.25) is 0 Å². The molecule has 0 spiro atoms. The van der Waals surface area contributed by atoms with Crippen molar-refractivity contribution in [1.82, 2.24) is 0 Å². The largest absolute Gasteiger partial charge is 0.411 e. The molecule has 1 aliphatic rings. The second-order valence-electron chi connectivity index (χ2n) is 4.65. The van der Waals surface area contributed by atoms with Crippen molar-refractivity contribution in [2.45, 2.75) is 25.1 Å². The molecule has 0 saturated carbocycles. The van der Waals surface area contributed by atoms with E-state index in [9.17, 15) is 13.2 Å². The number of nitrogens with two attached hydrogens (primary N) is 1. The van der Waals surface area contributed by atoms with Gasteiger partial charge in [-0.1, -0.05) is 24.3 Å². The van der Waals surface area contributed by atoms with Gasteiger partial charge in [-0.25, -0.2) is 0 Å². The van der Waals surface area contributed by atoms with Crippen LogP contribution in [0.5, 0.6) is 0 Å². The van der Waals surface area contributed by atoms with Crippen LogP contribution in [0.1, 0.15) is 23.6 Å². The molecular formula is C13H16F3NO. The molecule has 1 aliphatic carbocycles. The molecular weight excluding hydrogens is 243 g/mol. The summed E-state index contributed by atoms with van der Waals surface area (Å²) in [6.07, 6.45) is -2.86. The highest BCUT2D eigenvalue weighted by Gasteiger charge is 2.30. The smallest absolute Gasteiger partial charge is 0.372 e. The Labute approximate surface area is 104 Å². The maximum Gasteiger partial charge on any atom is 0.411 e. The van der Waals surface area contributed by atoms with Crippen LogP contribution in [0.3, 0.4) is 0 Å². The summed E-state index contributed by atoms with van der Waals surface area (Å²) in [6, 6.07) is 7.80. The number of alkyl halides is 3. The lowest BCUT2D eigenvalue weighted by Crippen LogP contribution is -2.21. The zero-order valence-electron chi connectivity index (χ0n) is 9.91. The maximum absolute atomic E-state index is 11.9. The lowest BCUT2D eigenvalue weighted by Gasteiger charge is -2.16. The number of benzene rings is 1. The molecule has 0 fully saturated rings. The molecule has 0 saturated heterocycles. The molecule has 0 radical (unpaired) electrons. The first-order chi connectivity index (χ1) is 8.47. The summed E-state index contributed by atoms with van der Waals surface area (Å²) in [5.74, 6) is 0.177. The van der Waals surface area contributed by atoms with E-state index in [4.69, 9.17) is 5.73 Å². The van der Waals surface area contributed by atoms with E-state index in [1.807, 2.05) is 24.3 Å². The summed E-state index contributed by atoms with van der Waals surface area (Å²) in [6.45, 7) is -1.08. The van der Waals surface area contributed by atoms with Crippen LogP contribution in [-0.4, -0.2) is 19.4 Å². The average molecular weight is 259 g/mol. The predicted molar refractivity (Wildman–Crippen MR) is 62.1 cm³/mol. The molecule has 5 heteroatoms. The summed E-state index contributed by atoms with van der Waals surface area (Å²) < 4.78 is 40.3. The second-order valence-corrected chi connectivity index (χ2v) is 4.65. The molecule has 2 nitrogen and oxygen atoms in total. The fourth-order valence-electron chi connectivity index (χ4n) is 2.41. The van der Waals surface area contributed by atoms with Gasteiger partial charge in [-0.2, -0.15) is 13.2 Å². The summed E-state index contributed by atoms with van der Waals surface area (Å²) in [7, 11) is 0. The lowest BCUT2D eigenvalue weighted by molar-refractivity contribution is -0.174. The fourth-order valence-corrected chi connectivity index (χ4v) is 2.41. The van der Waals surface area contributed by atoms with E-state index < -0.39 is 12.8 Å². The van der Waals surface area contributed by atoms with Crippen LogP contribution in [0, 0.1) is 5.92 Å². The summed E-state index contributed by atoms with van der Waals surface area (Å²) in [5.41, 5.74) is 8.39. The summed E-state index contributed by atoms with van der Waals surface area (Å²) in [4.78, 5) is 0. The Hall–Kier alpha value is -1.07. The molecule has 2 N–H and O–H groups in total. The molecule has 2 rings (SSSR count). The highest BCUT2D eigenvalue weighted by atomic mass is 19.4. The molecule has 0 bridgehead atoms. The zero-order chi connectivity index (χ0) is 13.2. The van der Waals surface area contributed by atoms with Gasteiger partial charge in [0.2, 0.25) is 0 Å². The van der Waals surface area contributed by atoms with Gasteiger partial charge >= 0.3 is 6.18 Å². The van der Waals surface area contributed by atoms with E-state index >= 15 is 0 Å². The van der Waals surface area contributed by atoms with E-state index in [0.29, 0.717) is 6.42 Å². The Morgan fingerprint density at radius 3 is 2.67 bits per heavy atom. The molecule has 2 atom stereocenters. The molecule has 2 unspecified atom stereocenters. The van der Waals surface area contributed by atoms with E-state index in [2.05, 4.69) is 4.74 Å². The molecule has 18 heavy (non-hydrogen) atoms. The number of hydrogen-bond acceptors (Lipinski definition) is 2. The van der Waals surface area contributed by atoms with Gasteiger partial charge in [0, 0.05) is 12.6 Å². The Bertz CT molecular complexity index is 405. The normalized spacial score (nSPS) is 23.1. The Morgan fingerprint density at radius 2 is 2.00 bits per heavy atom. The molecule has 0 amide bonds. The molecule has 1 aromatic rings. The van der Waals surface area contributed by atoms with Crippen molar-refractivity contribution in [2.24, 2.45) is 11.7 Å². The minimum atomic E-state index is -4.25. The fraction of sp³-hybridized carbons (Fsp3) is 0.538. The molecule has 0 aliphatic heterocycles. The van der Waals surface area contributed by atoms with Crippen molar-refractivity contribution >= 4 is 0 Å². The average Bonchev–Trinajstić information content (AvgIpc) is 2.62. The third kappa shape index (κ3) is 3.23. The van der Waals surface area contributed by atoms with Crippen LogP contribution in [0.25, 0.3) is 0 Å². The van der Waals surface area contributed by atoms with E-state index in [1.165, 1.54) is 5.56 Å². The highest BCUT2D eigenvalue weighted by Crippen LogP contribution is 2.36. The van der Waals surface area contributed by atoms with Crippen molar-refractivity contribution in [3.05, 3.63) is 35.4 Å². The molecule has 0 heterocycles. The van der Waals surface area contributed by atoms with Gasteiger partial charge in [0.1, 0.15) is 6.61 Å². The lowest BCUT2D eigenvalue weighted by atomic mass is 9.98. The number of ether oxygens (including phenoxy) is 1. The van der Waals surface area contributed by atoms with Gasteiger partial charge in [-0.05, 0) is 29.9 Å². The van der Waals surface area contributed by atoms with E-state index in [0.717, 1.165) is 12.0 Å². The minimum absolute atomic E-state index is 0.0873. The third-order valence-electron chi connectivity index (χ3n) is 3.30. The van der Waals surface area contributed by atoms with Crippen LogP contribution in [0.15, 0.2) is 24.3 Å². The van der Waals surface area contributed by atoms with Crippen molar-refractivity contribution in [1.29, 1.82) is 0 Å². The van der Waals surface area contributed by atoms with Crippen molar-refractivity contribution in [3.8, 4) is 0 Å². The second kappa shape index (κ2) is 5.28. The number of hydrogen-bond donors (Lipinski definition) is 1. The van der Waals surface area contributed by atoms with Crippen LogP contribution >= 0.6 is 0 Å². The van der Waals surface area contributed by atoms with E-state index in [1.54, 1.807) is 0 Å². The third-order valence-corrected chi connectivity index (χ3v) is 3.30. The first-order valence-corrected chi connectivity index (χ1v) is 5.95. The maximum atomic E-state index is 11.9. The predicted octanol–water partition coefficient (Wildman–Crippen LogP) is 2.83. The van der Waals surface area contributed by atoms with Gasteiger partial charge in [0.15, 0.2) is 0 Å². The Balaban J connectivity index is 1.80. The first kappa shape index (κ1) is 13.4. The Morgan fingerprint density at radius 1 is 1.28 bits per heavy atom. The first-order valence-electron chi connectivity index (χ1n) is 5.95. The van der Waals surface area contributed by atoms with Gasteiger partial charge in [-0.3, -0.25) is 0 Å². The number of rotatable bonds is 4. The standard InChI is InChI=1S/C13H16F3NO/c14-13(15,16)8-18-6-5-10-7-9-3-1-2-4-11(9)12(10)17/h1-4,10,12H,5-8,17H2. The van der Waals surface area contributed by atoms with Gasteiger partial charge in [-0.15, -0.1) is 0 Å². The summed E-state index contributed by atoms with van der Waals surface area (Å²) in [5, 5.41) is 0. The zero-order valence-corrected chi connectivity index (χ0v) is 9.91. The van der Waals surface area contributed by atoms with Crippen molar-refractivity contribution in [2.75, 3.05) is 13.2 Å². The van der Waals surface area contributed by atoms with Gasteiger partial charge in [0.05, 0.1) is 0 Å². The van der Waals surface area contributed by atoms with Crippen LogP contribution < -0.4 is 5.73 Å². The molecule has 0 aromatic heterocycles. The monoisotopic (exact) mass is 259 g/mol. The highest BCUT2D eigenvalue weighted by molar-refractivity contribution is 5.35. The van der Waals surface area contributed by atoms with Crippen molar-refractivity contribution in [3.63, 3.8) is 0 Å². The van der Waals surface area contributed by atoms with Gasteiger partial charge in [0.25, 0.3) is 0 Å². The van der Waals surface area contributed by atoms with E-state index in [-0.39, 0.29) is 18.6 Å².